The third-order valence-electron chi connectivity index (χ3n) is 5.40. The number of nitro benzene ring substituents is 1. The zero-order chi connectivity index (χ0) is 20.1. The molecule has 0 N–H and O–H groups in total. The molecule has 3 rings (SSSR count). The van der Waals surface area contributed by atoms with Gasteiger partial charge < -0.3 is 14.5 Å². The van der Waals surface area contributed by atoms with E-state index in [4.69, 9.17) is 4.74 Å². The lowest BCUT2D eigenvalue weighted by Gasteiger charge is -2.29. The number of piperidine rings is 2. The quantitative estimate of drug-likeness (QED) is 0.436. The van der Waals surface area contributed by atoms with Gasteiger partial charge in [0.15, 0.2) is 6.10 Å². The highest BCUT2D eigenvalue weighted by molar-refractivity contribution is 5.93. The first-order chi connectivity index (χ1) is 13.5. The molecule has 8 heteroatoms. The number of ether oxygens (including phenoxy) is 1. The number of nitrogens with zero attached hydrogens (tertiary/aromatic N) is 3. The summed E-state index contributed by atoms with van der Waals surface area (Å²) in [6.45, 7) is 4.44. The Bertz CT molecular complexity index is 739. The summed E-state index contributed by atoms with van der Waals surface area (Å²) >= 11 is 0. The molecule has 0 saturated carbocycles. The molecule has 152 valence electrons. The van der Waals surface area contributed by atoms with Crippen molar-refractivity contribution in [2.24, 2.45) is 0 Å². The molecule has 1 aromatic rings. The second-order valence-electron chi connectivity index (χ2n) is 7.44. The van der Waals surface area contributed by atoms with E-state index >= 15 is 0 Å². The van der Waals surface area contributed by atoms with Crippen molar-refractivity contribution in [3.8, 4) is 0 Å². The van der Waals surface area contributed by atoms with E-state index < -0.39 is 17.0 Å². The maximum absolute atomic E-state index is 12.5. The largest absolute Gasteiger partial charge is 0.449 e. The number of anilines is 1. The van der Waals surface area contributed by atoms with E-state index in [1.165, 1.54) is 12.1 Å². The van der Waals surface area contributed by atoms with Crippen LogP contribution in [0.4, 0.5) is 11.4 Å². The van der Waals surface area contributed by atoms with Gasteiger partial charge in [-0.1, -0.05) is 0 Å². The van der Waals surface area contributed by atoms with Crippen LogP contribution >= 0.6 is 0 Å². The normalized spacial score (nSPS) is 18.5. The Labute approximate surface area is 164 Å². The van der Waals surface area contributed by atoms with E-state index in [0.717, 1.165) is 51.6 Å². The number of likely N-dealkylation sites (tertiary alicyclic amines) is 1. The van der Waals surface area contributed by atoms with Crippen molar-refractivity contribution in [1.29, 1.82) is 0 Å². The van der Waals surface area contributed by atoms with Crippen molar-refractivity contribution in [3.05, 3.63) is 33.9 Å². The zero-order valence-electron chi connectivity index (χ0n) is 16.3. The molecular formula is C20H27N3O5. The van der Waals surface area contributed by atoms with E-state index in [2.05, 4.69) is 0 Å². The second-order valence-corrected chi connectivity index (χ2v) is 7.44. The fourth-order valence-electron chi connectivity index (χ4n) is 3.85. The lowest BCUT2D eigenvalue weighted by molar-refractivity contribution is -0.384. The summed E-state index contributed by atoms with van der Waals surface area (Å²) in [6.07, 6.45) is 5.22. The van der Waals surface area contributed by atoms with Gasteiger partial charge in [-0.15, -0.1) is 0 Å². The van der Waals surface area contributed by atoms with Crippen LogP contribution in [-0.2, 0) is 9.53 Å². The molecule has 0 unspecified atom stereocenters. The molecule has 0 aromatic heterocycles. The summed E-state index contributed by atoms with van der Waals surface area (Å²) in [6, 6.07) is 4.40. The van der Waals surface area contributed by atoms with E-state index in [1.54, 1.807) is 17.9 Å². The third-order valence-corrected chi connectivity index (χ3v) is 5.40. The Hall–Kier alpha value is -2.64. The Kier molecular flexibility index (Phi) is 6.49. The van der Waals surface area contributed by atoms with Crippen LogP contribution in [0.25, 0.3) is 0 Å². The molecule has 0 aliphatic carbocycles. The number of nitro groups is 1. The molecule has 1 aromatic carbocycles. The minimum Gasteiger partial charge on any atom is -0.449 e. The van der Waals surface area contributed by atoms with Gasteiger partial charge in [-0.3, -0.25) is 14.9 Å². The molecule has 2 fully saturated rings. The number of amides is 1. The number of benzene rings is 1. The highest BCUT2D eigenvalue weighted by Gasteiger charge is 2.27. The summed E-state index contributed by atoms with van der Waals surface area (Å²) in [5.74, 6) is -0.932. The van der Waals surface area contributed by atoms with Crippen LogP contribution in [0.5, 0.6) is 0 Å². The van der Waals surface area contributed by atoms with Crippen molar-refractivity contribution >= 4 is 23.3 Å². The Morgan fingerprint density at radius 2 is 1.64 bits per heavy atom. The van der Waals surface area contributed by atoms with Gasteiger partial charge in [-0.2, -0.15) is 0 Å². The smallest absolute Gasteiger partial charge is 0.339 e. The molecule has 8 nitrogen and oxygen atoms in total. The van der Waals surface area contributed by atoms with E-state index in [9.17, 15) is 19.7 Å². The molecule has 1 atom stereocenters. The summed E-state index contributed by atoms with van der Waals surface area (Å²) < 4.78 is 5.31. The van der Waals surface area contributed by atoms with Crippen LogP contribution in [0, 0.1) is 10.1 Å². The molecule has 2 heterocycles. The fraction of sp³-hybridized carbons (Fsp3) is 0.600. The van der Waals surface area contributed by atoms with Crippen LogP contribution in [0.3, 0.4) is 0 Å². The number of hydrogen-bond acceptors (Lipinski definition) is 6. The standard InChI is InChI=1S/C20H27N3O5/c1-15(19(24)22-12-6-3-7-13-22)28-20(25)16-8-9-17(18(14-16)23(26)27)21-10-4-2-5-11-21/h8-9,14-15H,2-7,10-13H2,1H3/t15-/m0/s1. The van der Waals surface area contributed by atoms with Gasteiger partial charge in [0.25, 0.3) is 11.6 Å². The predicted octanol–water partition coefficient (Wildman–Crippen LogP) is 3.14. The Morgan fingerprint density at radius 1 is 1.04 bits per heavy atom. The molecule has 0 radical (unpaired) electrons. The van der Waals surface area contributed by atoms with Crippen LogP contribution in [0.15, 0.2) is 18.2 Å². The van der Waals surface area contributed by atoms with Crippen molar-refractivity contribution in [3.63, 3.8) is 0 Å². The third kappa shape index (κ3) is 4.61. The van der Waals surface area contributed by atoms with E-state index in [0.29, 0.717) is 18.8 Å². The van der Waals surface area contributed by atoms with Crippen LogP contribution < -0.4 is 4.90 Å². The van der Waals surface area contributed by atoms with Gasteiger partial charge in [0.1, 0.15) is 5.69 Å². The number of hydrogen-bond donors (Lipinski definition) is 0. The minimum atomic E-state index is -0.911. The molecule has 2 aliphatic heterocycles. The summed E-state index contributed by atoms with van der Waals surface area (Å²) in [5, 5.41) is 11.5. The van der Waals surface area contributed by atoms with Crippen molar-refractivity contribution in [2.75, 3.05) is 31.1 Å². The number of rotatable bonds is 5. The fourth-order valence-corrected chi connectivity index (χ4v) is 3.85. The van der Waals surface area contributed by atoms with E-state index in [1.807, 2.05) is 4.90 Å². The maximum atomic E-state index is 12.5. The molecule has 1 amide bonds. The average Bonchev–Trinajstić information content (AvgIpc) is 2.73. The number of carbonyl (C=O) groups is 2. The second kappa shape index (κ2) is 9.03. The Morgan fingerprint density at radius 3 is 2.25 bits per heavy atom. The predicted molar refractivity (Wildman–Crippen MR) is 104 cm³/mol. The number of carbonyl (C=O) groups excluding carboxylic acids is 2. The van der Waals surface area contributed by atoms with Gasteiger partial charge in [-0.05, 0) is 57.6 Å². The first-order valence-corrected chi connectivity index (χ1v) is 10.0. The van der Waals surface area contributed by atoms with Crippen molar-refractivity contribution in [2.45, 2.75) is 51.6 Å². The van der Waals surface area contributed by atoms with Crippen LogP contribution in [0.1, 0.15) is 55.8 Å². The monoisotopic (exact) mass is 389 g/mol. The molecule has 2 saturated heterocycles. The highest BCUT2D eigenvalue weighted by atomic mass is 16.6. The SMILES string of the molecule is C[C@H](OC(=O)c1ccc(N2CCCCC2)c([N+](=O)[O-])c1)C(=O)N1CCCCC1. The van der Waals surface area contributed by atoms with Gasteiger partial charge in [0.05, 0.1) is 10.5 Å². The van der Waals surface area contributed by atoms with Gasteiger partial charge in [0, 0.05) is 32.2 Å². The lowest BCUT2D eigenvalue weighted by Crippen LogP contribution is -2.42. The first kappa shape index (κ1) is 20.1. The molecule has 2 aliphatic rings. The first-order valence-electron chi connectivity index (χ1n) is 10.0. The molecule has 28 heavy (non-hydrogen) atoms. The molecule has 0 bridgehead atoms. The maximum Gasteiger partial charge on any atom is 0.339 e. The average molecular weight is 389 g/mol. The van der Waals surface area contributed by atoms with E-state index in [-0.39, 0.29) is 17.2 Å². The van der Waals surface area contributed by atoms with Crippen molar-refractivity contribution < 1.29 is 19.2 Å². The lowest BCUT2D eigenvalue weighted by atomic mass is 10.1. The number of esters is 1. The zero-order valence-corrected chi connectivity index (χ0v) is 16.3. The highest BCUT2D eigenvalue weighted by Crippen LogP contribution is 2.31. The summed E-state index contributed by atoms with van der Waals surface area (Å²) in [7, 11) is 0. The van der Waals surface area contributed by atoms with Crippen LogP contribution in [-0.4, -0.2) is 54.0 Å². The van der Waals surface area contributed by atoms with Crippen LogP contribution in [0.2, 0.25) is 0 Å². The van der Waals surface area contributed by atoms with Gasteiger partial charge in [0.2, 0.25) is 0 Å². The Balaban J connectivity index is 1.71. The topological polar surface area (TPSA) is 93.0 Å². The van der Waals surface area contributed by atoms with Crippen molar-refractivity contribution in [1.82, 2.24) is 4.90 Å². The summed E-state index contributed by atoms with van der Waals surface area (Å²) in [5.41, 5.74) is 0.510. The molecule has 0 spiro atoms. The van der Waals surface area contributed by atoms with Gasteiger partial charge >= 0.3 is 5.97 Å². The molecular weight excluding hydrogens is 362 g/mol. The van der Waals surface area contributed by atoms with Gasteiger partial charge in [-0.25, -0.2) is 4.79 Å². The summed E-state index contributed by atoms with van der Waals surface area (Å²) in [4.78, 5) is 39.7. The minimum absolute atomic E-state index is 0.0887.